The Morgan fingerprint density at radius 2 is 0.490 bits per heavy atom. The van der Waals surface area contributed by atoms with Crippen LogP contribution in [0.1, 0.15) is 157 Å². The number of benzene rings is 8. The predicted molar refractivity (Wildman–Crippen MR) is 604 cm³/mol. The molecular weight excluding hydrogens is 1820 g/mol. The normalized spacial score (nSPS) is 14.6. The van der Waals surface area contributed by atoms with Gasteiger partial charge >= 0.3 is 0 Å². The fourth-order valence-corrected chi connectivity index (χ4v) is 19.2. The first-order valence-corrected chi connectivity index (χ1v) is 51.1. The van der Waals surface area contributed by atoms with E-state index in [9.17, 15) is 0 Å². The molecule has 8 aromatic heterocycles. The molecule has 29 heteroatoms. The SMILES string of the molecule is CC(C)(C)NC1CCNCC1.Cc1cc(Nc2cc(Cl)c3ccccc3n2)ccc1Nc1ncccn1.Cc1cc(Nc2cc(N3CCC(NC(C)(C)C)CC3)c3ccccc3n2)ccc1Nc1ncccn1.Cc1cc(Nc2cc(N3CCC(NC(C)(C)C)CC3)c3ccccc3n2)ccc1Nc1ncccn1.Cc1cc(Nc2cc(N3CCC(NC(C)(C)C)CC3)c3ccccc3n2)ccc1Nc1ncccn1. The van der Waals surface area contributed by atoms with Crippen LogP contribution >= 0.6 is 11.6 Å². The van der Waals surface area contributed by atoms with E-state index in [-0.39, 0.29) is 22.2 Å². The van der Waals surface area contributed by atoms with Gasteiger partial charge in [-0.05, 0) is 319 Å². The number of aromatic nitrogens is 12. The van der Waals surface area contributed by atoms with Gasteiger partial charge in [-0.15, -0.1) is 0 Å². The Balaban J connectivity index is 0.000000134. The fraction of sp³-hybridized carbons (Fsp3) is 0.345. The average molecular weight is 1960 g/mol. The average Bonchev–Trinajstić information content (AvgIpc) is 0.819. The highest BCUT2D eigenvalue weighted by atomic mass is 35.5. The summed E-state index contributed by atoms with van der Waals surface area (Å²) in [7, 11) is 0. The lowest BCUT2D eigenvalue weighted by Gasteiger charge is -2.37. The molecule has 0 spiro atoms. The maximum atomic E-state index is 6.37. The van der Waals surface area contributed by atoms with Gasteiger partial charge in [0.25, 0.3) is 0 Å². The molecule has 8 aromatic carbocycles. The van der Waals surface area contributed by atoms with Crippen molar-refractivity contribution in [2.24, 2.45) is 0 Å². The zero-order chi connectivity index (χ0) is 102. The van der Waals surface area contributed by atoms with E-state index in [1.54, 1.807) is 73.8 Å². The number of halogens is 1. The number of pyridine rings is 4. The second-order valence-corrected chi connectivity index (χ2v) is 42.3. The Morgan fingerprint density at radius 1 is 0.262 bits per heavy atom. The molecule has 0 atom stereocenters. The molecule has 145 heavy (non-hydrogen) atoms. The maximum Gasteiger partial charge on any atom is 0.227 e. The van der Waals surface area contributed by atoms with Crippen LogP contribution in [0.15, 0.2) is 268 Å². The van der Waals surface area contributed by atoms with E-state index in [1.165, 1.54) is 59.2 Å². The van der Waals surface area contributed by atoms with Crippen molar-refractivity contribution in [2.75, 3.05) is 110 Å². The van der Waals surface area contributed by atoms with Crippen molar-refractivity contribution in [3.63, 3.8) is 0 Å². The standard InChI is InChI=1S/3C29H35N7.C20H16ClN5.C9H20N2/c3*1-20-18-22(10-11-24(20)34-28-30-14-7-15-31-28)32-27-19-26(23-8-5-6-9-25(23)33-27)36-16-12-21(13-17-36)35-29(2,3)4;1-13-11-14(7-8-17(13)26-20-22-9-4-10-23-20)24-19-12-16(21)15-5-2-3-6-18(15)25-19;1-9(2,3)11-8-4-6-10-7-5-8/h3*5-11,14-15,18-19,21,35H,12-13,16-17H2,1-4H3,(H,32,33)(H,30,31,34);2-12H,1H3,(H,24,25)(H,22,23,26);8,10-11H,4-7H2,1-3H3. The number of hydrogen-bond donors (Lipinski definition) is 13. The highest BCUT2D eigenvalue weighted by Crippen LogP contribution is 2.39. The first kappa shape index (κ1) is 103. The number of aryl methyl sites for hydroxylation is 4. The molecular formula is C116H141ClN28. The Labute approximate surface area is 859 Å². The van der Waals surface area contributed by atoms with Crippen molar-refractivity contribution in [2.45, 2.75) is 208 Å². The molecule has 0 radical (unpaired) electrons. The van der Waals surface area contributed by atoms with Gasteiger partial charge in [-0.3, -0.25) is 0 Å². The second kappa shape index (κ2) is 47.9. The molecule has 0 amide bonds. The highest BCUT2D eigenvalue weighted by Gasteiger charge is 2.30. The molecule has 4 saturated heterocycles. The Bertz CT molecular complexity index is 6430. The molecule has 20 rings (SSSR count). The molecule has 4 aliphatic heterocycles. The van der Waals surface area contributed by atoms with Crippen LogP contribution in [0.25, 0.3) is 43.6 Å². The molecule has 0 aliphatic carbocycles. The maximum absolute atomic E-state index is 6.37. The number of nitrogens with zero attached hydrogens (tertiary/aromatic N) is 15. The topological polar surface area (TPSA) is 321 Å². The summed E-state index contributed by atoms with van der Waals surface area (Å²) >= 11 is 6.37. The molecule has 13 N–H and O–H groups in total. The van der Waals surface area contributed by atoms with E-state index in [0.717, 1.165) is 196 Å². The summed E-state index contributed by atoms with van der Waals surface area (Å²) in [6, 6.07) is 75.8. The van der Waals surface area contributed by atoms with Crippen molar-refractivity contribution in [1.29, 1.82) is 0 Å². The summed E-state index contributed by atoms with van der Waals surface area (Å²) in [5.41, 5.74) is 20.5. The Kier molecular flexibility index (Phi) is 34.2. The lowest BCUT2D eigenvalue weighted by atomic mass is 9.99. The van der Waals surface area contributed by atoms with Crippen LogP contribution < -0.4 is 83.8 Å². The largest absolute Gasteiger partial charge is 0.371 e. The van der Waals surface area contributed by atoms with Crippen molar-refractivity contribution < 1.29 is 0 Å². The minimum atomic E-state index is 0.143. The Hall–Kier alpha value is -14.4. The predicted octanol–water partition coefficient (Wildman–Crippen LogP) is 25.1. The van der Waals surface area contributed by atoms with Gasteiger partial charge in [-0.1, -0.05) is 84.4 Å². The third-order valence-corrected chi connectivity index (χ3v) is 25.7. The van der Waals surface area contributed by atoms with Gasteiger partial charge in [0, 0.05) is 244 Å². The van der Waals surface area contributed by atoms with E-state index >= 15 is 0 Å². The van der Waals surface area contributed by atoms with Gasteiger partial charge in [-0.25, -0.2) is 59.8 Å². The lowest BCUT2D eigenvalue weighted by Crippen LogP contribution is -2.49. The van der Waals surface area contributed by atoms with E-state index in [0.29, 0.717) is 52.8 Å². The minimum Gasteiger partial charge on any atom is -0.371 e. The molecule has 0 unspecified atom stereocenters. The number of piperidine rings is 4. The van der Waals surface area contributed by atoms with Crippen molar-refractivity contribution >= 4 is 165 Å². The van der Waals surface area contributed by atoms with Gasteiger partial charge < -0.3 is 83.8 Å². The van der Waals surface area contributed by atoms with Gasteiger partial charge in [0.1, 0.15) is 23.3 Å². The molecule has 0 bridgehead atoms. The minimum absolute atomic E-state index is 0.143. The number of hydrogen-bond acceptors (Lipinski definition) is 28. The van der Waals surface area contributed by atoms with Crippen molar-refractivity contribution in [3.05, 3.63) is 295 Å². The molecule has 28 nitrogen and oxygen atoms in total. The van der Waals surface area contributed by atoms with Crippen LogP contribution in [0.3, 0.4) is 0 Å². The van der Waals surface area contributed by atoms with E-state index in [1.807, 2.05) is 73.7 Å². The second-order valence-electron chi connectivity index (χ2n) is 41.9. The molecule has 752 valence electrons. The molecule has 4 aliphatic rings. The summed E-state index contributed by atoms with van der Waals surface area (Å²) < 4.78 is 0. The molecule has 4 fully saturated rings. The summed E-state index contributed by atoms with van der Waals surface area (Å²) in [6.45, 7) is 43.7. The van der Waals surface area contributed by atoms with Crippen LogP contribution in [-0.2, 0) is 0 Å². The molecule has 0 saturated carbocycles. The quantitative estimate of drug-likeness (QED) is 0.0283. The lowest BCUT2D eigenvalue weighted by molar-refractivity contribution is 0.304. The van der Waals surface area contributed by atoms with Crippen LogP contribution in [0, 0.1) is 27.7 Å². The zero-order valence-corrected chi connectivity index (χ0v) is 87.4. The van der Waals surface area contributed by atoms with Crippen molar-refractivity contribution in [3.8, 4) is 0 Å². The first-order valence-electron chi connectivity index (χ1n) is 50.8. The number of para-hydroxylation sites is 4. The highest BCUT2D eigenvalue weighted by molar-refractivity contribution is 6.35. The molecule has 16 aromatic rings. The van der Waals surface area contributed by atoms with Crippen LogP contribution in [-0.4, -0.2) is 158 Å². The number of nitrogens with one attached hydrogen (secondary N) is 13. The van der Waals surface area contributed by atoms with Gasteiger partial charge in [0.15, 0.2) is 0 Å². The summed E-state index contributed by atoms with van der Waals surface area (Å²) in [5, 5.41) is 50.5. The third kappa shape index (κ3) is 30.4. The smallest absolute Gasteiger partial charge is 0.227 e. The number of rotatable bonds is 23. The van der Waals surface area contributed by atoms with Crippen LogP contribution in [0.2, 0.25) is 5.02 Å². The number of anilines is 19. The Morgan fingerprint density at radius 3 is 0.738 bits per heavy atom. The van der Waals surface area contributed by atoms with Gasteiger partial charge in [-0.2, -0.15) is 0 Å². The number of fused-ring (bicyclic) bond motifs is 4. The van der Waals surface area contributed by atoms with E-state index in [2.05, 4.69) is 360 Å². The fourth-order valence-electron chi connectivity index (χ4n) is 18.9. The molecule has 12 heterocycles. The summed E-state index contributed by atoms with van der Waals surface area (Å²) in [6.07, 6.45) is 23.1. The first-order chi connectivity index (χ1) is 69.8. The third-order valence-electron chi connectivity index (χ3n) is 25.4. The van der Waals surface area contributed by atoms with Crippen LogP contribution in [0.4, 0.5) is 110 Å². The van der Waals surface area contributed by atoms with Crippen molar-refractivity contribution in [1.82, 2.24) is 86.4 Å². The van der Waals surface area contributed by atoms with Crippen LogP contribution in [0.5, 0.6) is 0 Å². The van der Waals surface area contributed by atoms with E-state index < -0.39 is 0 Å². The monoisotopic (exact) mass is 1960 g/mol. The van der Waals surface area contributed by atoms with Gasteiger partial charge in [0.2, 0.25) is 23.8 Å². The zero-order valence-electron chi connectivity index (χ0n) is 86.6. The summed E-state index contributed by atoms with van der Waals surface area (Å²) in [4.78, 5) is 60.8. The van der Waals surface area contributed by atoms with E-state index in [4.69, 9.17) is 26.6 Å². The summed E-state index contributed by atoms with van der Waals surface area (Å²) in [5.74, 6) is 5.59. The van der Waals surface area contributed by atoms with Gasteiger partial charge in [0.05, 0.1) is 27.1 Å².